The molecule has 17 heavy (non-hydrogen) atoms. The number of nitrogens with zero attached hydrogens (tertiary/aromatic N) is 3. The zero-order valence-corrected chi connectivity index (χ0v) is 9.67. The van der Waals surface area contributed by atoms with E-state index in [0.29, 0.717) is 0 Å². The maximum atomic E-state index is 4.56. The maximum absolute atomic E-state index is 4.56. The first-order valence-electron chi connectivity index (χ1n) is 5.77. The highest BCUT2D eigenvalue weighted by molar-refractivity contribution is 5.61. The highest BCUT2D eigenvalue weighted by Crippen LogP contribution is 2.18. The number of aryl methyl sites for hydroxylation is 1. The van der Waals surface area contributed by atoms with Gasteiger partial charge in [0, 0.05) is 5.56 Å². The van der Waals surface area contributed by atoms with E-state index in [1.807, 2.05) is 41.0 Å². The van der Waals surface area contributed by atoms with Gasteiger partial charge in [-0.1, -0.05) is 37.3 Å². The van der Waals surface area contributed by atoms with Gasteiger partial charge in [0.2, 0.25) is 0 Å². The fourth-order valence-electron chi connectivity index (χ4n) is 1.86. The van der Waals surface area contributed by atoms with Crippen molar-refractivity contribution in [2.24, 2.45) is 0 Å². The van der Waals surface area contributed by atoms with Crippen LogP contribution in [-0.4, -0.2) is 14.6 Å². The molecule has 0 aliphatic carbocycles. The summed E-state index contributed by atoms with van der Waals surface area (Å²) in [5, 5.41) is 4.49. The van der Waals surface area contributed by atoms with Crippen molar-refractivity contribution in [3.8, 4) is 11.3 Å². The van der Waals surface area contributed by atoms with Crippen LogP contribution in [0.4, 0.5) is 0 Å². The molecule has 0 fully saturated rings. The van der Waals surface area contributed by atoms with Gasteiger partial charge in [-0.15, -0.1) is 0 Å². The van der Waals surface area contributed by atoms with Crippen molar-refractivity contribution in [3.05, 3.63) is 54.4 Å². The smallest absolute Gasteiger partial charge is 0.154 e. The van der Waals surface area contributed by atoms with Gasteiger partial charge in [0.1, 0.15) is 0 Å². The third kappa shape index (κ3) is 1.80. The Morgan fingerprint density at radius 3 is 2.65 bits per heavy atom. The third-order valence-electron chi connectivity index (χ3n) is 2.81. The van der Waals surface area contributed by atoms with E-state index in [2.05, 4.69) is 29.1 Å². The zero-order valence-electron chi connectivity index (χ0n) is 9.67. The van der Waals surface area contributed by atoms with Crippen molar-refractivity contribution >= 4 is 5.65 Å². The summed E-state index contributed by atoms with van der Waals surface area (Å²) in [5.74, 6) is 0. The summed E-state index contributed by atoms with van der Waals surface area (Å²) in [6, 6.07) is 14.2. The third-order valence-corrected chi connectivity index (χ3v) is 2.81. The van der Waals surface area contributed by atoms with E-state index in [1.54, 1.807) is 0 Å². The lowest BCUT2D eigenvalue weighted by Crippen LogP contribution is -1.94. The van der Waals surface area contributed by atoms with Gasteiger partial charge in [-0.3, -0.25) is 0 Å². The fourth-order valence-corrected chi connectivity index (χ4v) is 1.86. The van der Waals surface area contributed by atoms with Crippen molar-refractivity contribution in [2.45, 2.75) is 13.3 Å². The van der Waals surface area contributed by atoms with Crippen LogP contribution in [0, 0.1) is 0 Å². The predicted octanol–water partition coefficient (Wildman–Crippen LogP) is 2.96. The van der Waals surface area contributed by atoms with Crippen LogP contribution < -0.4 is 0 Å². The Bertz CT molecular complexity index is 641. The Morgan fingerprint density at radius 1 is 1.06 bits per heavy atom. The molecule has 84 valence electrons. The summed E-state index contributed by atoms with van der Waals surface area (Å²) in [6.45, 7) is 2.10. The predicted molar refractivity (Wildman–Crippen MR) is 67.8 cm³/mol. The van der Waals surface area contributed by atoms with Gasteiger partial charge in [-0.2, -0.15) is 5.10 Å². The molecule has 3 aromatic rings. The number of rotatable bonds is 2. The molecule has 3 heteroatoms. The van der Waals surface area contributed by atoms with E-state index in [-0.39, 0.29) is 0 Å². The quantitative estimate of drug-likeness (QED) is 0.668. The van der Waals surface area contributed by atoms with Gasteiger partial charge in [0.25, 0.3) is 0 Å². The molecule has 0 saturated heterocycles. The van der Waals surface area contributed by atoms with Crippen LogP contribution in [-0.2, 0) is 6.42 Å². The number of imidazole rings is 1. The van der Waals surface area contributed by atoms with Crippen molar-refractivity contribution in [2.75, 3.05) is 0 Å². The van der Waals surface area contributed by atoms with Crippen LogP contribution in [0.15, 0.2) is 48.7 Å². The molecule has 0 amide bonds. The molecular formula is C14H13N3. The molecule has 1 aromatic carbocycles. The van der Waals surface area contributed by atoms with Crippen molar-refractivity contribution in [1.29, 1.82) is 0 Å². The molecule has 0 aliphatic heterocycles. The summed E-state index contributed by atoms with van der Waals surface area (Å²) in [7, 11) is 0. The molecule has 0 N–H and O–H groups in total. The average molecular weight is 223 g/mol. The van der Waals surface area contributed by atoms with Crippen molar-refractivity contribution in [1.82, 2.24) is 14.6 Å². The number of fused-ring (bicyclic) bond motifs is 1. The summed E-state index contributed by atoms with van der Waals surface area (Å²) in [6.07, 6.45) is 2.92. The molecule has 0 unspecified atom stereocenters. The minimum atomic E-state index is 0.890. The highest BCUT2D eigenvalue weighted by Gasteiger charge is 2.04. The highest BCUT2D eigenvalue weighted by atomic mass is 15.2. The lowest BCUT2D eigenvalue weighted by molar-refractivity contribution is 0.862. The van der Waals surface area contributed by atoms with Crippen LogP contribution in [0.2, 0.25) is 0 Å². The number of benzene rings is 1. The molecule has 0 bridgehead atoms. The molecule has 0 spiro atoms. The second-order valence-electron chi connectivity index (χ2n) is 3.97. The first-order valence-corrected chi connectivity index (χ1v) is 5.77. The van der Waals surface area contributed by atoms with Gasteiger partial charge < -0.3 is 0 Å². The molecule has 0 saturated carbocycles. The molecular weight excluding hydrogens is 210 g/mol. The number of hydrogen-bond acceptors (Lipinski definition) is 2. The minimum absolute atomic E-state index is 0.890. The van der Waals surface area contributed by atoms with E-state index in [9.17, 15) is 0 Å². The Labute approximate surface area is 99.7 Å². The van der Waals surface area contributed by atoms with Crippen LogP contribution >= 0.6 is 0 Å². The molecule has 2 aromatic heterocycles. The number of aromatic nitrogens is 3. The van der Waals surface area contributed by atoms with Crippen molar-refractivity contribution < 1.29 is 0 Å². The Morgan fingerprint density at radius 2 is 1.88 bits per heavy atom. The zero-order chi connectivity index (χ0) is 11.7. The molecule has 0 aliphatic rings. The van der Waals surface area contributed by atoms with E-state index in [4.69, 9.17) is 0 Å². The van der Waals surface area contributed by atoms with Crippen LogP contribution in [0.3, 0.4) is 0 Å². The summed E-state index contributed by atoms with van der Waals surface area (Å²) < 4.78 is 1.85. The molecule has 3 nitrogen and oxygen atoms in total. The summed E-state index contributed by atoms with van der Waals surface area (Å²) in [4.78, 5) is 4.56. The normalized spacial score (nSPS) is 10.9. The lowest BCUT2D eigenvalue weighted by Gasteiger charge is -1.95. The van der Waals surface area contributed by atoms with Gasteiger partial charge in [0.05, 0.1) is 17.6 Å². The largest absolute Gasteiger partial charge is 0.227 e. The first-order chi connectivity index (χ1) is 8.36. The van der Waals surface area contributed by atoms with E-state index < -0.39 is 0 Å². The van der Waals surface area contributed by atoms with E-state index in [0.717, 1.165) is 29.0 Å². The van der Waals surface area contributed by atoms with E-state index >= 15 is 0 Å². The van der Waals surface area contributed by atoms with Crippen molar-refractivity contribution in [3.63, 3.8) is 0 Å². The molecule has 2 heterocycles. The monoisotopic (exact) mass is 223 g/mol. The Balaban J connectivity index is 2.14. The van der Waals surface area contributed by atoms with Gasteiger partial charge in [0.15, 0.2) is 5.65 Å². The van der Waals surface area contributed by atoms with Gasteiger partial charge in [-0.05, 0) is 18.6 Å². The lowest BCUT2D eigenvalue weighted by atomic mass is 10.2. The van der Waals surface area contributed by atoms with Gasteiger partial charge >= 0.3 is 0 Å². The topological polar surface area (TPSA) is 30.2 Å². The molecule has 0 atom stereocenters. The standard InChI is InChI=1S/C14H13N3/c1-2-12-8-9-14-15-13(10-17(14)16-12)11-6-4-3-5-7-11/h3-10H,2H2,1H3. The second-order valence-corrected chi connectivity index (χ2v) is 3.97. The molecule has 3 rings (SSSR count). The second kappa shape index (κ2) is 4.01. The fraction of sp³-hybridized carbons (Fsp3) is 0.143. The minimum Gasteiger partial charge on any atom is -0.227 e. The van der Waals surface area contributed by atoms with Crippen LogP contribution in [0.25, 0.3) is 16.9 Å². The summed E-state index contributed by atoms with van der Waals surface area (Å²) in [5.41, 5.74) is 4.05. The average Bonchev–Trinajstić information content (AvgIpc) is 2.82. The maximum Gasteiger partial charge on any atom is 0.154 e. The first kappa shape index (κ1) is 10.0. The van der Waals surface area contributed by atoms with Gasteiger partial charge in [-0.25, -0.2) is 9.50 Å². The SMILES string of the molecule is CCc1ccc2nc(-c3ccccc3)cn2n1. The molecule has 0 radical (unpaired) electrons. The Kier molecular flexibility index (Phi) is 2.37. The Hall–Kier alpha value is -2.16. The van der Waals surface area contributed by atoms with Crippen LogP contribution in [0.1, 0.15) is 12.6 Å². The van der Waals surface area contributed by atoms with E-state index in [1.165, 1.54) is 0 Å². The number of hydrogen-bond donors (Lipinski definition) is 0. The van der Waals surface area contributed by atoms with Crippen LogP contribution in [0.5, 0.6) is 0 Å². The summed E-state index contributed by atoms with van der Waals surface area (Å²) >= 11 is 0.